The molecule has 202 valence electrons. The first-order valence-corrected chi connectivity index (χ1v) is 12.0. The highest BCUT2D eigenvalue weighted by Gasteiger charge is 2.35. The van der Waals surface area contributed by atoms with Crippen LogP contribution in [-0.2, 0) is 12.7 Å². The molecule has 0 atom stereocenters. The molecule has 0 saturated carbocycles. The molecular weight excluding hydrogens is 521 g/mol. The van der Waals surface area contributed by atoms with E-state index in [1.807, 2.05) is 13.8 Å². The fourth-order valence-corrected chi connectivity index (χ4v) is 3.90. The van der Waals surface area contributed by atoms with Crippen LogP contribution in [0.4, 0.5) is 22.0 Å². The first-order valence-electron chi connectivity index (χ1n) is 12.0. The molecule has 0 saturated heterocycles. The molecule has 0 N–H and O–H groups in total. The van der Waals surface area contributed by atoms with E-state index in [1.165, 1.54) is 47.4 Å². The minimum Gasteiger partial charge on any atom is -0.494 e. The average Bonchev–Trinajstić information content (AvgIpc) is 3.52. The third-order valence-electron chi connectivity index (χ3n) is 5.92. The summed E-state index contributed by atoms with van der Waals surface area (Å²) < 4.78 is 81.5. The van der Waals surface area contributed by atoms with E-state index in [4.69, 9.17) is 9.26 Å². The SMILES string of the molecule is CC(C)CCOc1ccc(-c2cc(Cn3cc4nc(-c5cccc(F)c5F)nc-4cn3)on2)c(C(F)(F)F)c1. The minimum atomic E-state index is -4.64. The summed E-state index contributed by atoms with van der Waals surface area (Å²) in [6.45, 7) is 4.33. The van der Waals surface area contributed by atoms with Crippen LogP contribution in [0.2, 0.25) is 0 Å². The second-order valence-corrected chi connectivity index (χ2v) is 9.30. The third kappa shape index (κ3) is 5.74. The number of hydrogen-bond donors (Lipinski definition) is 0. The van der Waals surface area contributed by atoms with Gasteiger partial charge in [-0.3, -0.25) is 4.68 Å². The van der Waals surface area contributed by atoms with Crippen molar-refractivity contribution in [2.24, 2.45) is 5.92 Å². The van der Waals surface area contributed by atoms with Gasteiger partial charge in [0.1, 0.15) is 29.4 Å². The Balaban J connectivity index is 1.38. The van der Waals surface area contributed by atoms with Crippen LogP contribution in [0.15, 0.2) is 59.4 Å². The van der Waals surface area contributed by atoms with Gasteiger partial charge in [0.15, 0.2) is 23.2 Å². The van der Waals surface area contributed by atoms with Gasteiger partial charge in [0.25, 0.3) is 0 Å². The van der Waals surface area contributed by atoms with Crippen LogP contribution in [0.25, 0.3) is 34.0 Å². The summed E-state index contributed by atoms with van der Waals surface area (Å²) in [5.41, 5.74) is -0.407. The molecule has 0 radical (unpaired) electrons. The first-order chi connectivity index (χ1) is 18.6. The average molecular weight is 543 g/mol. The van der Waals surface area contributed by atoms with Gasteiger partial charge in [-0.2, -0.15) is 18.3 Å². The number of ether oxygens (including phenoxy) is 1. The van der Waals surface area contributed by atoms with Gasteiger partial charge in [-0.15, -0.1) is 0 Å². The molecule has 0 amide bonds. The standard InChI is InChI=1S/C27H22F5N5O2/c1-15(2)8-9-38-16-6-7-18(20(10-16)27(30,31)32)22-11-17(39-36-22)13-37-14-24-23(12-33-37)34-26(35-24)19-4-3-5-21(28)25(19)29/h3-7,10-12,14-15H,8-9,13H2,1-2H3. The summed E-state index contributed by atoms with van der Waals surface area (Å²) in [7, 11) is 0. The topological polar surface area (TPSA) is 78.9 Å². The maximum Gasteiger partial charge on any atom is 0.417 e. The fraction of sp³-hybridized carbons (Fsp3) is 0.259. The van der Waals surface area contributed by atoms with E-state index in [2.05, 4.69) is 20.2 Å². The molecule has 5 rings (SSSR count). The van der Waals surface area contributed by atoms with Gasteiger partial charge >= 0.3 is 6.18 Å². The van der Waals surface area contributed by atoms with Crippen LogP contribution >= 0.6 is 0 Å². The van der Waals surface area contributed by atoms with Crippen molar-refractivity contribution in [1.82, 2.24) is 24.9 Å². The molecule has 7 nitrogen and oxygen atoms in total. The highest BCUT2D eigenvalue weighted by Crippen LogP contribution is 2.39. The van der Waals surface area contributed by atoms with Crippen LogP contribution in [0.1, 0.15) is 31.6 Å². The molecule has 3 aromatic rings. The van der Waals surface area contributed by atoms with Gasteiger partial charge in [-0.05, 0) is 42.7 Å². The van der Waals surface area contributed by atoms with Gasteiger partial charge < -0.3 is 9.26 Å². The van der Waals surface area contributed by atoms with Crippen LogP contribution in [-0.4, -0.2) is 31.5 Å². The van der Waals surface area contributed by atoms with Crippen molar-refractivity contribution in [1.29, 1.82) is 0 Å². The second kappa shape index (κ2) is 10.4. The summed E-state index contributed by atoms with van der Waals surface area (Å²) in [6, 6.07) is 8.84. The van der Waals surface area contributed by atoms with Gasteiger partial charge in [0.05, 0.1) is 30.1 Å². The van der Waals surface area contributed by atoms with Gasteiger partial charge in [-0.1, -0.05) is 25.1 Å². The maximum atomic E-state index is 14.2. The lowest BCUT2D eigenvalue weighted by molar-refractivity contribution is -0.137. The lowest BCUT2D eigenvalue weighted by Crippen LogP contribution is -2.09. The molecule has 3 heterocycles. The van der Waals surface area contributed by atoms with Crippen molar-refractivity contribution >= 4 is 0 Å². The van der Waals surface area contributed by atoms with Crippen LogP contribution < -0.4 is 4.74 Å². The lowest BCUT2D eigenvalue weighted by atomic mass is 10.0. The predicted molar refractivity (Wildman–Crippen MR) is 131 cm³/mol. The highest BCUT2D eigenvalue weighted by molar-refractivity contribution is 5.66. The molecule has 39 heavy (non-hydrogen) atoms. The summed E-state index contributed by atoms with van der Waals surface area (Å²) in [6.07, 6.45) is -1.02. The smallest absolute Gasteiger partial charge is 0.417 e. The van der Waals surface area contributed by atoms with Crippen LogP contribution in [0.3, 0.4) is 0 Å². The Morgan fingerprint density at radius 2 is 1.77 bits per heavy atom. The molecule has 0 bridgehead atoms. The van der Waals surface area contributed by atoms with Crippen molar-refractivity contribution in [3.05, 3.63) is 77.8 Å². The normalized spacial score (nSPS) is 12.0. The maximum absolute atomic E-state index is 14.2. The second-order valence-electron chi connectivity index (χ2n) is 9.30. The Labute approximate surface area is 219 Å². The Bertz CT molecular complexity index is 1580. The highest BCUT2D eigenvalue weighted by atomic mass is 19.4. The number of nitrogens with zero attached hydrogens (tertiary/aromatic N) is 5. The largest absolute Gasteiger partial charge is 0.494 e. The minimum absolute atomic E-state index is 0.000172. The van der Waals surface area contributed by atoms with E-state index in [0.29, 0.717) is 30.3 Å². The summed E-state index contributed by atoms with van der Waals surface area (Å²) in [4.78, 5) is 8.45. The zero-order valence-electron chi connectivity index (χ0n) is 20.8. The zero-order chi connectivity index (χ0) is 27.7. The van der Waals surface area contributed by atoms with E-state index >= 15 is 0 Å². The van der Waals surface area contributed by atoms with E-state index in [1.54, 1.807) is 0 Å². The number of fused-ring (bicyclic) bond motifs is 1. The van der Waals surface area contributed by atoms with E-state index in [9.17, 15) is 22.0 Å². The summed E-state index contributed by atoms with van der Waals surface area (Å²) >= 11 is 0. The molecule has 0 aliphatic carbocycles. The lowest BCUT2D eigenvalue weighted by Gasteiger charge is -2.14. The number of imidazole rings is 1. The van der Waals surface area contributed by atoms with Crippen molar-refractivity contribution in [3.8, 4) is 39.8 Å². The number of halogens is 5. The quantitative estimate of drug-likeness (QED) is 0.199. The number of aromatic nitrogens is 5. The van der Waals surface area contributed by atoms with Crippen LogP contribution in [0, 0.1) is 17.6 Å². The van der Waals surface area contributed by atoms with Crippen molar-refractivity contribution in [3.63, 3.8) is 0 Å². The van der Waals surface area contributed by atoms with Gasteiger partial charge in [0, 0.05) is 11.6 Å². The van der Waals surface area contributed by atoms with E-state index in [0.717, 1.165) is 12.1 Å². The molecule has 0 unspecified atom stereocenters. The Kier molecular flexibility index (Phi) is 7.02. The molecule has 12 heteroatoms. The Morgan fingerprint density at radius 3 is 2.54 bits per heavy atom. The zero-order valence-corrected chi connectivity index (χ0v) is 20.8. The molecule has 2 aromatic carbocycles. The molecule has 1 aromatic heterocycles. The molecule has 2 aliphatic rings. The fourth-order valence-electron chi connectivity index (χ4n) is 3.90. The Morgan fingerprint density at radius 1 is 0.974 bits per heavy atom. The molecule has 0 fully saturated rings. The van der Waals surface area contributed by atoms with E-state index < -0.39 is 23.4 Å². The molecular formula is C27H22F5N5O2. The third-order valence-corrected chi connectivity index (χ3v) is 5.92. The first kappa shape index (κ1) is 26.3. The molecule has 2 aliphatic heterocycles. The van der Waals surface area contributed by atoms with E-state index in [-0.39, 0.29) is 40.7 Å². The monoisotopic (exact) mass is 543 g/mol. The van der Waals surface area contributed by atoms with Gasteiger partial charge in [0.2, 0.25) is 0 Å². The Hall–Kier alpha value is -4.35. The predicted octanol–water partition coefficient (Wildman–Crippen LogP) is 6.87. The summed E-state index contributed by atoms with van der Waals surface area (Å²) in [5, 5.41) is 8.04. The van der Waals surface area contributed by atoms with Crippen LogP contribution in [0.5, 0.6) is 5.75 Å². The van der Waals surface area contributed by atoms with Crippen molar-refractivity contribution in [2.45, 2.75) is 33.0 Å². The van der Waals surface area contributed by atoms with Crippen molar-refractivity contribution in [2.75, 3.05) is 6.61 Å². The number of alkyl halides is 3. The molecule has 0 spiro atoms. The summed E-state index contributed by atoms with van der Waals surface area (Å²) in [5.74, 6) is -1.36. The number of benzene rings is 2. The number of hydrogen-bond acceptors (Lipinski definition) is 6. The number of rotatable bonds is 8. The van der Waals surface area contributed by atoms with Crippen molar-refractivity contribution < 1.29 is 31.2 Å². The van der Waals surface area contributed by atoms with Gasteiger partial charge in [-0.25, -0.2) is 18.7 Å².